The molecular weight excluding hydrogens is 997 g/mol. The average molecular weight is 1140 g/mol. The lowest BCUT2D eigenvalue weighted by atomic mass is 10.0. The van der Waals surface area contributed by atoms with Gasteiger partial charge in [0, 0.05) is 19.3 Å². The van der Waals surface area contributed by atoms with Gasteiger partial charge in [-0.05, 0) is 51.4 Å². The third-order valence-corrected chi connectivity index (χ3v) is 16.7. The van der Waals surface area contributed by atoms with Gasteiger partial charge in [-0.15, -0.1) is 0 Å². The zero-order valence-electron chi connectivity index (χ0n) is 54.8. The number of carbonyl (C=O) groups excluding carboxylic acids is 3. The van der Waals surface area contributed by atoms with Crippen LogP contribution in [0.5, 0.6) is 0 Å². The van der Waals surface area contributed by atoms with Crippen LogP contribution in [0.1, 0.15) is 406 Å². The Kier molecular flexibility index (Phi) is 68.1. The molecule has 6 heteroatoms. The van der Waals surface area contributed by atoms with Gasteiger partial charge in [0.1, 0.15) is 13.2 Å². The second kappa shape index (κ2) is 70.1. The standard InChI is InChI=1S/C75H140O6/c1-4-7-10-13-16-19-22-25-28-31-32-33-34-35-36-37-38-39-40-41-42-45-47-50-53-56-59-62-65-68-74(77)80-71-72(81-75(78)69-66-63-60-57-54-51-48-44-30-27-24-21-18-15-12-9-6-3)70-79-73(76)67-64-61-58-55-52-49-46-43-29-26-23-20-17-14-11-8-5-2/h9,12,18,21,27,30,72H,4-8,10-11,13-17,19-20,22-26,28-29,31-71H2,1-3H3/b12-9-,21-18-,30-27-. The Morgan fingerprint density at radius 2 is 0.481 bits per heavy atom. The van der Waals surface area contributed by atoms with Gasteiger partial charge in [0.05, 0.1) is 0 Å². The van der Waals surface area contributed by atoms with E-state index in [-0.39, 0.29) is 31.1 Å². The third-order valence-electron chi connectivity index (χ3n) is 16.7. The molecule has 0 aliphatic rings. The number of carbonyl (C=O) groups is 3. The first kappa shape index (κ1) is 78.6. The highest BCUT2D eigenvalue weighted by Crippen LogP contribution is 2.19. The molecule has 0 radical (unpaired) electrons. The lowest BCUT2D eigenvalue weighted by Gasteiger charge is -2.18. The largest absolute Gasteiger partial charge is 0.462 e. The van der Waals surface area contributed by atoms with Gasteiger partial charge in [-0.2, -0.15) is 0 Å². The Balaban J connectivity index is 4.20. The second-order valence-corrected chi connectivity index (χ2v) is 24.8. The molecule has 0 heterocycles. The molecule has 0 saturated heterocycles. The van der Waals surface area contributed by atoms with Gasteiger partial charge in [-0.3, -0.25) is 14.4 Å². The molecular formula is C75H140O6. The van der Waals surface area contributed by atoms with Crippen LogP contribution in [0.2, 0.25) is 0 Å². The normalized spacial score (nSPS) is 12.2. The molecule has 0 spiro atoms. The summed E-state index contributed by atoms with van der Waals surface area (Å²) in [7, 11) is 0. The fraction of sp³-hybridized carbons (Fsp3) is 0.880. The predicted octanol–water partition coefficient (Wildman–Crippen LogP) is 25.1. The van der Waals surface area contributed by atoms with Crippen LogP contribution in [0.25, 0.3) is 0 Å². The maximum Gasteiger partial charge on any atom is 0.306 e. The summed E-state index contributed by atoms with van der Waals surface area (Å²) in [6.07, 6.45) is 87.6. The molecule has 0 saturated carbocycles. The first-order valence-electron chi connectivity index (χ1n) is 36.5. The number of hydrogen-bond donors (Lipinski definition) is 0. The van der Waals surface area contributed by atoms with Gasteiger partial charge in [0.15, 0.2) is 6.10 Å². The van der Waals surface area contributed by atoms with E-state index in [1.54, 1.807) is 0 Å². The zero-order chi connectivity index (χ0) is 58.5. The van der Waals surface area contributed by atoms with Crippen molar-refractivity contribution < 1.29 is 28.6 Å². The van der Waals surface area contributed by atoms with E-state index in [9.17, 15) is 14.4 Å². The Morgan fingerprint density at radius 1 is 0.259 bits per heavy atom. The van der Waals surface area contributed by atoms with E-state index in [0.717, 1.165) is 83.5 Å². The monoisotopic (exact) mass is 1140 g/mol. The zero-order valence-corrected chi connectivity index (χ0v) is 54.8. The van der Waals surface area contributed by atoms with Gasteiger partial charge >= 0.3 is 17.9 Å². The number of ether oxygens (including phenoxy) is 3. The fourth-order valence-electron chi connectivity index (χ4n) is 11.2. The Labute approximate surface area is 506 Å². The van der Waals surface area contributed by atoms with Crippen LogP contribution < -0.4 is 0 Å². The number of esters is 3. The number of allylic oxidation sites excluding steroid dienone is 6. The van der Waals surface area contributed by atoms with E-state index in [4.69, 9.17) is 14.2 Å². The predicted molar refractivity (Wildman–Crippen MR) is 353 cm³/mol. The van der Waals surface area contributed by atoms with Gasteiger partial charge in [-0.25, -0.2) is 0 Å². The second-order valence-electron chi connectivity index (χ2n) is 24.8. The highest BCUT2D eigenvalue weighted by Gasteiger charge is 2.19. The smallest absolute Gasteiger partial charge is 0.306 e. The van der Waals surface area contributed by atoms with Crippen molar-refractivity contribution in [3.05, 3.63) is 36.5 Å². The SMILES string of the molecule is CC/C=C\C/C=C\C/C=C\CCCCCCCCCC(=O)OC(COC(=O)CCCCCCCCCCCCCCCCCCC)COC(=O)CCCCCCCCCCCCCCCCCCCCCCCCCCCCCCC. The molecule has 0 aromatic carbocycles. The molecule has 0 bridgehead atoms. The minimum absolute atomic E-state index is 0.0704. The highest BCUT2D eigenvalue weighted by molar-refractivity contribution is 5.71. The van der Waals surface area contributed by atoms with Crippen molar-refractivity contribution in [3.63, 3.8) is 0 Å². The van der Waals surface area contributed by atoms with Crippen molar-refractivity contribution >= 4 is 17.9 Å². The number of rotatable bonds is 68. The molecule has 0 aliphatic carbocycles. The van der Waals surface area contributed by atoms with Crippen LogP contribution >= 0.6 is 0 Å². The summed E-state index contributed by atoms with van der Waals surface area (Å²) in [5.41, 5.74) is 0. The number of unbranched alkanes of at least 4 members (excludes halogenated alkanes) is 51. The van der Waals surface area contributed by atoms with E-state index >= 15 is 0 Å². The van der Waals surface area contributed by atoms with Crippen LogP contribution in [0.4, 0.5) is 0 Å². The topological polar surface area (TPSA) is 78.9 Å². The van der Waals surface area contributed by atoms with Crippen LogP contribution in [-0.4, -0.2) is 37.2 Å². The lowest BCUT2D eigenvalue weighted by Crippen LogP contribution is -2.30. The highest BCUT2D eigenvalue weighted by atomic mass is 16.6. The van der Waals surface area contributed by atoms with E-state index in [1.165, 1.54) is 283 Å². The Morgan fingerprint density at radius 3 is 0.753 bits per heavy atom. The average Bonchev–Trinajstić information content (AvgIpc) is 3.47. The van der Waals surface area contributed by atoms with Gasteiger partial charge < -0.3 is 14.2 Å². The summed E-state index contributed by atoms with van der Waals surface area (Å²) >= 11 is 0. The molecule has 0 fully saturated rings. The van der Waals surface area contributed by atoms with Crippen molar-refractivity contribution in [3.8, 4) is 0 Å². The molecule has 0 aromatic rings. The van der Waals surface area contributed by atoms with Crippen molar-refractivity contribution in [1.82, 2.24) is 0 Å². The van der Waals surface area contributed by atoms with Crippen LogP contribution in [-0.2, 0) is 28.6 Å². The maximum absolute atomic E-state index is 12.9. The first-order valence-corrected chi connectivity index (χ1v) is 36.5. The lowest BCUT2D eigenvalue weighted by molar-refractivity contribution is -0.167. The van der Waals surface area contributed by atoms with Crippen molar-refractivity contribution in [2.75, 3.05) is 13.2 Å². The third kappa shape index (κ3) is 68.3. The minimum atomic E-state index is -0.775. The fourth-order valence-corrected chi connectivity index (χ4v) is 11.2. The quantitative estimate of drug-likeness (QED) is 0.0261. The summed E-state index contributed by atoms with van der Waals surface area (Å²) in [5, 5.41) is 0. The molecule has 6 nitrogen and oxygen atoms in total. The van der Waals surface area contributed by atoms with E-state index in [1.807, 2.05) is 0 Å². The summed E-state index contributed by atoms with van der Waals surface area (Å²) < 4.78 is 17.0. The summed E-state index contributed by atoms with van der Waals surface area (Å²) in [4.78, 5) is 38.5. The number of hydrogen-bond acceptors (Lipinski definition) is 6. The first-order chi connectivity index (χ1) is 40.0. The molecule has 1 atom stereocenters. The van der Waals surface area contributed by atoms with Crippen LogP contribution in [0.15, 0.2) is 36.5 Å². The van der Waals surface area contributed by atoms with E-state index in [2.05, 4.69) is 57.2 Å². The maximum atomic E-state index is 12.9. The molecule has 1 unspecified atom stereocenters. The van der Waals surface area contributed by atoms with Gasteiger partial charge in [0.25, 0.3) is 0 Å². The summed E-state index contributed by atoms with van der Waals surface area (Å²) in [6.45, 7) is 6.61. The molecule has 476 valence electrons. The molecule has 0 aliphatic heterocycles. The molecule has 0 aromatic heterocycles. The summed E-state index contributed by atoms with van der Waals surface area (Å²) in [6, 6.07) is 0. The van der Waals surface area contributed by atoms with Crippen LogP contribution in [0, 0.1) is 0 Å². The van der Waals surface area contributed by atoms with Crippen LogP contribution in [0.3, 0.4) is 0 Å². The molecule has 81 heavy (non-hydrogen) atoms. The molecule has 0 rings (SSSR count). The van der Waals surface area contributed by atoms with Gasteiger partial charge in [0.2, 0.25) is 0 Å². The van der Waals surface area contributed by atoms with Crippen molar-refractivity contribution in [2.24, 2.45) is 0 Å². The van der Waals surface area contributed by atoms with E-state index < -0.39 is 6.10 Å². The minimum Gasteiger partial charge on any atom is -0.462 e. The van der Waals surface area contributed by atoms with E-state index in [0.29, 0.717) is 19.3 Å². The van der Waals surface area contributed by atoms with Gasteiger partial charge in [-0.1, -0.05) is 372 Å². The van der Waals surface area contributed by atoms with Crippen molar-refractivity contribution in [1.29, 1.82) is 0 Å². The Bertz CT molecular complexity index is 1350. The summed E-state index contributed by atoms with van der Waals surface area (Å²) in [5.74, 6) is -0.848. The van der Waals surface area contributed by atoms with Crippen molar-refractivity contribution in [2.45, 2.75) is 412 Å². The molecule has 0 N–H and O–H groups in total. The molecule has 0 amide bonds. The Hall–Kier alpha value is -2.37.